The molecule has 57 heavy (non-hydrogen) atoms. The van der Waals surface area contributed by atoms with Gasteiger partial charge in [0.1, 0.15) is 22.5 Å². The van der Waals surface area contributed by atoms with Gasteiger partial charge in [-0.3, -0.25) is 0 Å². The minimum atomic E-state index is -0.926. The number of anilines is 3. The molecule has 0 spiro atoms. The van der Waals surface area contributed by atoms with Crippen molar-refractivity contribution in [3.8, 4) is 32.4 Å². The third kappa shape index (κ3) is 10.1. The zero-order valence-corrected chi connectivity index (χ0v) is 34.3. The Hall–Kier alpha value is -5.51. The fraction of sp³-hybridized carbons (Fsp3) is 0.271. The summed E-state index contributed by atoms with van der Waals surface area (Å²) in [6, 6.07) is 41.2. The van der Waals surface area contributed by atoms with Crippen LogP contribution in [0.3, 0.4) is 0 Å². The molecular weight excluding hydrogens is 747 g/mol. The van der Waals surface area contributed by atoms with E-state index in [0.29, 0.717) is 6.42 Å². The molecule has 0 aliphatic heterocycles. The van der Waals surface area contributed by atoms with E-state index in [1.165, 1.54) is 55.1 Å². The van der Waals surface area contributed by atoms with Crippen LogP contribution in [0, 0.1) is 0 Å². The van der Waals surface area contributed by atoms with E-state index in [1.54, 1.807) is 23.5 Å². The second-order valence-electron chi connectivity index (χ2n) is 14.3. The van der Waals surface area contributed by atoms with Gasteiger partial charge in [0.25, 0.3) is 0 Å². The number of thiophene rings is 1. The van der Waals surface area contributed by atoms with Gasteiger partial charge in [0.05, 0.1) is 30.5 Å². The van der Waals surface area contributed by atoms with Gasteiger partial charge >= 0.3 is 5.97 Å². The van der Waals surface area contributed by atoms with Crippen LogP contribution in [-0.2, 0) is 6.42 Å². The third-order valence-corrected chi connectivity index (χ3v) is 11.8. The molecule has 0 saturated carbocycles. The average Bonchev–Trinajstić information content (AvgIpc) is 3.94. The standard InChI is InChI=1S/C48H49N3O4S2/c1-3-5-7-9-31-54-41-24-20-39(21-25-41)51(40-22-26-42(27-23-40)55-32-10-8-6-4-2)38-18-15-35(16-19-38)44-29-30-45(56-44)43-28-17-37(46-47(43)50-57-49-46)33-34-11-13-36(14-12-34)48(52)53/h11-30H,3-10,31-33H2,1-2H3,(H,52,53). The molecule has 2 aromatic heterocycles. The first-order valence-corrected chi connectivity index (χ1v) is 21.6. The Morgan fingerprint density at radius 3 is 1.70 bits per heavy atom. The fourth-order valence-corrected chi connectivity index (χ4v) is 8.56. The first kappa shape index (κ1) is 39.7. The minimum Gasteiger partial charge on any atom is -0.494 e. The summed E-state index contributed by atoms with van der Waals surface area (Å²) < 4.78 is 21.5. The van der Waals surface area contributed by atoms with Crippen LogP contribution in [0.4, 0.5) is 17.1 Å². The predicted octanol–water partition coefficient (Wildman–Crippen LogP) is 13.8. The summed E-state index contributed by atoms with van der Waals surface area (Å²) in [4.78, 5) is 15.9. The molecule has 0 aliphatic rings. The minimum absolute atomic E-state index is 0.280. The van der Waals surface area contributed by atoms with E-state index in [0.717, 1.165) is 92.8 Å². The Labute approximate surface area is 343 Å². The van der Waals surface area contributed by atoms with Gasteiger partial charge in [0.15, 0.2) is 0 Å². The van der Waals surface area contributed by atoms with Crippen molar-refractivity contribution in [2.45, 2.75) is 71.6 Å². The second-order valence-corrected chi connectivity index (χ2v) is 15.9. The van der Waals surface area contributed by atoms with E-state index in [4.69, 9.17) is 13.8 Å². The Kier molecular flexibility index (Phi) is 13.6. The van der Waals surface area contributed by atoms with Gasteiger partial charge in [0.2, 0.25) is 0 Å². The van der Waals surface area contributed by atoms with Crippen LogP contribution >= 0.6 is 23.1 Å². The molecule has 0 bridgehead atoms. The van der Waals surface area contributed by atoms with Crippen molar-refractivity contribution < 1.29 is 19.4 Å². The van der Waals surface area contributed by atoms with Crippen molar-refractivity contribution in [1.82, 2.24) is 8.75 Å². The maximum Gasteiger partial charge on any atom is 0.335 e. The summed E-state index contributed by atoms with van der Waals surface area (Å²) in [5, 5.41) is 9.28. The number of unbranched alkanes of at least 4 members (excludes halogenated alkanes) is 6. The molecule has 0 unspecified atom stereocenters. The van der Waals surface area contributed by atoms with Crippen LogP contribution in [0.2, 0.25) is 0 Å². The summed E-state index contributed by atoms with van der Waals surface area (Å²) in [5.41, 5.74) is 9.51. The molecule has 7 aromatic rings. The highest BCUT2D eigenvalue weighted by atomic mass is 32.1. The van der Waals surface area contributed by atoms with Crippen molar-refractivity contribution >= 4 is 57.1 Å². The largest absolute Gasteiger partial charge is 0.494 e. The Balaban J connectivity index is 1.10. The molecule has 292 valence electrons. The Morgan fingerprint density at radius 2 is 1.14 bits per heavy atom. The van der Waals surface area contributed by atoms with Crippen LogP contribution in [0.25, 0.3) is 31.9 Å². The van der Waals surface area contributed by atoms with Gasteiger partial charge < -0.3 is 19.5 Å². The quantitative estimate of drug-likeness (QED) is 0.0769. The molecule has 2 heterocycles. The molecule has 0 saturated heterocycles. The van der Waals surface area contributed by atoms with Crippen molar-refractivity contribution in [3.05, 3.63) is 138 Å². The molecule has 5 aromatic carbocycles. The highest BCUT2D eigenvalue weighted by molar-refractivity contribution is 7.19. The molecular formula is C48H49N3O4S2. The van der Waals surface area contributed by atoms with Crippen molar-refractivity contribution in [2.75, 3.05) is 18.1 Å². The molecule has 7 rings (SSSR count). The molecule has 0 fully saturated rings. The number of benzene rings is 5. The van der Waals surface area contributed by atoms with E-state index in [9.17, 15) is 9.90 Å². The average molecular weight is 796 g/mol. The number of rotatable bonds is 20. The first-order valence-electron chi connectivity index (χ1n) is 20.0. The van der Waals surface area contributed by atoms with E-state index >= 15 is 0 Å². The van der Waals surface area contributed by atoms with Gasteiger partial charge in [-0.1, -0.05) is 88.8 Å². The molecule has 0 radical (unpaired) electrons. The number of aromatic nitrogens is 2. The number of aromatic carboxylic acids is 1. The van der Waals surface area contributed by atoms with Crippen LogP contribution in [0.15, 0.2) is 121 Å². The van der Waals surface area contributed by atoms with E-state index < -0.39 is 5.97 Å². The highest BCUT2D eigenvalue weighted by Gasteiger charge is 2.17. The molecule has 0 amide bonds. The summed E-state index contributed by atoms with van der Waals surface area (Å²) in [6.45, 7) is 5.92. The number of hydrogen-bond donors (Lipinski definition) is 1. The predicted molar refractivity (Wildman–Crippen MR) is 236 cm³/mol. The van der Waals surface area contributed by atoms with Crippen molar-refractivity contribution in [3.63, 3.8) is 0 Å². The van der Waals surface area contributed by atoms with E-state index in [2.05, 4.69) is 120 Å². The highest BCUT2D eigenvalue weighted by Crippen LogP contribution is 2.41. The van der Waals surface area contributed by atoms with Crippen LogP contribution in [-0.4, -0.2) is 33.0 Å². The van der Waals surface area contributed by atoms with Crippen molar-refractivity contribution in [1.29, 1.82) is 0 Å². The second kappa shape index (κ2) is 19.6. The lowest BCUT2D eigenvalue weighted by molar-refractivity contribution is 0.0697. The number of carbonyl (C=O) groups is 1. The maximum atomic E-state index is 11.3. The van der Waals surface area contributed by atoms with Gasteiger partial charge in [-0.25, -0.2) is 4.79 Å². The van der Waals surface area contributed by atoms with Gasteiger partial charge in [0, 0.05) is 32.4 Å². The lowest BCUT2D eigenvalue weighted by Gasteiger charge is -2.26. The Morgan fingerprint density at radius 1 is 0.596 bits per heavy atom. The summed E-state index contributed by atoms with van der Waals surface area (Å²) in [5.74, 6) is 0.849. The van der Waals surface area contributed by atoms with Crippen LogP contribution < -0.4 is 14.4 Å². The lowest BCUT2D eigenvalue weighted by atomic mass is 10.00. The normalized spacial score (nSPS) is 11.2. The smallest absolute Gasteiger partial charge is 0.335 e. The third-order valence-electron chi connectivity index (χ3n) is 10.1. The SMILES string of the molecule is CCCCCCOc1ccc(N(c2ccc(OCCCCCC)cc2)c2ccc(-c3ccc(-c4ccc(Cc5ccc(C(=O)O)cc5)c5nsnc45)s3)cc2)cc1. The molecule has 0 atom stereocenters. The number of carboxylic acids is 1. The van der Waals surface area contributed by atoms with Crippen LogP contribution in [0.5, 0.6) is 11.5 Å². The maximum absolute atomic E-state index is 11.3. The zero-order valence-electron chi connectivity index (χ0n) is 32.7. The molecule has 9 heteroatoms. The number of fused-ring (bicyclic) bond motifs is 1. The summed E-state index contributed by atoms with van der Waals surface area (Å²) >= 11 is 2.96. The Bertz CT molecular complexity index is 2280. The molecule has 0 aliphatic carbocycles. The van der Waals surface area contributed by atoms with E-state index in [-0.39, 0.29) is 5.56 Å². The number of ether oxygens (including phenoxy) is 2. The monoisotopic (exact) mass is 795 g/mol. The lowest BCUT2D eigenvalue weighted by Crippen LogP contribution is -2.10. The van der Waals surface area contributed by atoms with Gasteiger partial charge in [-0.05, 0) is 121 Å². The summed E-state index contributed by atoms with van der Waals surface area (Å²) in [7, 11) is 0. The molecule has 7 nitrogen and oxygen atoms in total. The number of carboxylic acid groups (broad SMARTS) is 1. The topological polar surface area (TPSA) is 84.8 Å². The van der Waals surface area contributed by atoms with Gasteiger partial charge in [-0.2, -0.15) is 8.75 Å². The first-order chi connectivity index (χ1) is 28.0. The summed E-state index contributed by atoms with van der Waals surface area (Å²) in [6.07, 6.45) is 10.1. The van der Waals surface area contributed by atoms with Gasteiger partial charge in [-0.15, -0.1) is 11.3 Å². The van der Waals surface area contributed by atoms with Crippen LogP contribution in [0.1, 0.15) is 86.7 Å². The van der Waals surface area contributed by atoms with Crippen molar-refractivity contribution in [2.24, 2.45) is 0 Å². The van der Waals surface area contributed by atoms with E-state index in [1.807, 2.05) is 12.1 Å². The number of nitrogens with zero attached hydrogens (tertiary/aromatic N) is 3. The number of hydrogen-bond acceptors (Lipinski definition) is 8. The fourth-order valence-electron chi connectivity index (χ4n) is 6.92. The molecule has 1 N–H and O–H groups in total. The zero-order chi connectivity index (χ0) is 39.4.